The van der Waals surface area contributed by atoms with Crippen molar-refractivity contribution in [1.29, 1.82) is 0 Å². The lowest BCUT2D eigenvalue weighted by atomic mass is 9.96. The molecule has 1 aromatic carbocycles. The third kappa shape index (κ3) is 3.66. The fraction of sp³-hybridized carbons (Fsp3) is 0.571. The maximum atomic E-state index is 10.1. The number of aliphatic hydroxyl groups excluding tert-OH is 1. The second kappa shape index (κ2) is 7.02. The number of benzene rings is 1. The van der Waals surface area contributed by atoms with E-state index in [0.717, 1.165) is 5.56 Å². The van der Waals surface area contributed by atoms with Crippen molar-refractivity contribution in [2.75, 3.05) is 6.61 Å². The maximum absolute atomic E-state index is 10.1. The molecule has 3 saturated heterocycles. The van der Waals surface area contributed by atoms with Gasteiger partial charge in [-0.2, -0.15) is 6.08 Å². The van der Waals surface area contributed by atoms with Gasteiger partial charge in [0, 0.05) is 0 Å². The molecule has 4 rings (SSSR count). The standard InChI is InChI=1S/C21H26O7/c1-19(2)24-15-16(25-19)18(23-12-8-11-14-9-6-5-7-10-14)27-21(13-22)17(15)26-20(3,4)28-21/h5-11,15-18,22H,13H2,1-4H3/b11-8+/t15-,16+,17+,18?,21+/m1/s1. The van der Waals surface area contributed by atoms with Gasteiger partial charge in [-0.15, -0.1) is 11.6 Å². The summed E-state index contributed by atoms with van der Waals surface area (Å²) in [7, 11) is 0. The van der Waals surface area contributed by atoms with E-state index in [9.17, 15) is 5.11 Å². The number of ether oxygens (including phenoxy) is 5. The molecule has 3 aliphatic heterocycles. The molecule has 3 fully saturated rings. The van der Waals surface area contributed by atoms with Crippen molar-refractivity contribution < 1.29 is 33.2 Å². The highest BCUT2D eigenvalue weighted by atomic mass is 16.9. The van der Waals surface area contributed by atoms with Crippen molar-refractivity contribution in [3.8, 4) is 0 Å². The first-order valence-electron chi connectivity index (χ1n) is 9.39. The average molecular weight is 390 g/mol. The smallest absolute Gasteiger partial charge is 0.389 e. The van der Waals surface area contributed by atoms with Crippen molar-refractivity contribution in [3.63, 3.8) is 0 Å². The third-order valence-corrected chi connectivity index (χ3v) is 4.86. The van der Waals surface area contributed by atoms with E-state index in [1.807, 2.05) is 50.3 Å². The summed E-state index contributed by atoms with van der Waals surface area (Å²) in [4.78, 5) is 0. The van der Waals surface area contributed by atoms with Crippen LogP contribution >= 0.6 is 0 Å². The highest BCUT2D eigenvalue weighted by Gasteiger charge is 2.70. The van der Waals surface area contributed by atoms with Crippen LogP contribution in [0.1, 0.15) is 33.3 Å². The average Bonchev–Trinajstić information content (AvgIpc) is 3.11. The minimum Gasteiger partial charge on any atom is -0.391 e. The number of carbonyl (C=O) groups excluding carboxylic acids is 1. The lowest BCUT2D eigenvalue weighted by Crippen LogP contribution is -2.63. The van der Waals surface area contributed by atoms with Gasteiger partial charge in [-0.05, 0) is 27.7 Å². The first-order chi connectivity index (χ1) is 13.2. The first kappa shape index (κ1) is 19.7. The molecule has 28 heavy (non-hydrogen) atoms. The Morgan fingerprint density at radius 2 is 1.71 bits per heavy atom. The molecule has 3 heterocycles. The lowest BCUT2D eigenvalue weighted by Gasteiger charge is -2.39. The van der Waals surface area contributed by atoms with Crippen molar-refractivity contribution in [2.45, 2.75) is 69.7 Å². The van der Waals surface area contributed by atoms with E-state index in [1.54, 1.807) is 19.9 Å². The van der Waals surface area contributed by atoms with Gasteiger partial charge in [0.05, 0.1) is 0 Å². The fourth-order valence-corrected chi connectivity index (χ4v) is 3.88. The molecule has 0 bridgehead atoms. The van der Waals surface area contributed by atoms with E-state index < -0.39 is 48.6 Å². The summed E-state index contributed by atoms with van der Waals surface area (Å²) < 4.78 is 35.7. The molecule has 7 heteroatoms. The van der Waals surface area contributed by atoms with E-state index in [1.165, 1.54) is 0 Å². The Labute approximate surface area is 164 Å². The zero-order valence-corrected chi connectivity index (χ0v) is 16.5. The number of rotatable bonds is 4. The molecule has 0 spiro atoms. The summed E-state index contributed by atoms with van der Waals surface area (Å²) in [6.45, 7) is 6.74. The Kier molecular flexibility index (Phi) is 4.94. The zero-order chi connectivity index (χ0) is 20.0. The molecule has 1 N–H and O–H groups in total. The van der Waals surface area contributed by atoms with Crippen LogP contribution in [0, 0.1) is 0 Å². The summed E-state index contributed by atoms with van der Waals surface area (Å²) in [5.74, 6) is -3.19. The van der Waals surface area contributed by atoms with E-state index >= 15 is 0 Å². The monoisotopic (exact) mass is 390 g/mol. The summed E-state index contributed by atoms with van der Waals surface area (Å²) in [5, 5.41) is 10.1. The molecular formula is C21H26O7. The van der Waals surface area contributed by atoms with Gasteiger partial charge < -0.3 is 28.5 Å². The first-order valence-corrected chi connectivity index (χ1v) is 9.39. The number of hydrogen-bond donors (Lipinski definition) is 1. The molecule has 1 unspecified atom stereocenters. The molecule has 5 atom stereocenters. The number of fused-ring (bicyclic) bond motifs is 3. The van der Waals surface area contributed by atoms with Crippen LogP contribution in [0.4, 0.5) is 0 Å². The summed E-state index contributed by atoms with van der Waals surface area (Å²) in [6.07, 6.45) is 3.66. The highest BCUT2D eigenvalue weighted by Crippen LogP contribution is 2.48. The van der Waals surface area contributed by atoms with Crippen molar-refractivity contribution in [1.82, 2.24) is 0 Å². The van der Waals surface area contributed by atoms with Gasteiger partial charge >= 0.3 is 6.29 Å². The van der Waals surface area contributed by atoms with E-state index in [0.29, 0.717) is 0 Å². The normalized spacial score (nSPS) is 38.8. The summed E-state index contributed by atoms with van der Waals surface area (Å²) in [6, 6.07) is 9.79. The van der Waals surface area contributed by atoms with Gasteiger partial charge in [-0.1, -0.05) is 30.3 Å². The molecule has 0 aliphatic carbocycles. The largest absolute Gasteiger partial charge is 0.391 e. The molecular weight excluding hydrogens is 364 g/mol. The summed E-state index contributed by atoms with van der Waals surface area (Å²) >= 11 is 0. The number of aliphatic hydroxyl groups is 1. The number of allylic oxidation sites excluding steroid dienone is 1. The van der Waals surface area contributed by atoms with E-state index in [-0.39, 0.29) is 0 Å². The molecule has 0 aromatic heterocycles. The van der Waals surface area contributed by atoms with Crippen molar-refractivity contribution in [2.24, 2.45) is 0 Å². The van der Waals surface area contributed by atoms with Gasteiger partial charge in [0.25, 0.3) is 0 Å². The van der Waals surface area contributed by atoms with Gasteiger partial charge in [0.2, 0.25) is 18.2 Å². The third-order valence-electron chi connectivity index (χ3n) is 4.86. The van der Waals surface area contributed by atoms with Crippen LogP contribution in [0.5, 0.6) is 0 Å². The zero-order valence-electron chi connectivity index (χ0n) is 16.5. The van der Waals surface area contributed by atoms with Crippen LogP contribution in [-0.2, 0) is 28.1 Å². The van der Waals surface area contributed by atoms with Crippen LogP contribution in [0.3, 0.4) is 0 Å². The van der Waals surface area contributed by atoms with Crippen LogP contribution < -0.4 is 0 Å². The number of hydrogen-bond acceptors (Lipinski definition) is 6. The van der Waals surface area contributed by atoms with Gasteiger partial charge in [-0.3, -0.25) is 4.74 Å². The SMILES string of the molecule is CC1(C)O[C@@H]2[C@H](O1)C([O+]=[C-]/C=C/c1ccccc1)O[C@@]1(CO)OC(C)(C)O[C@@H]21. The van der Waals surface area contributed by atoms with E-state index in [4.69, 9.17) is 28.1 Å². The van der Waals surface area contributed by atoms with Gasteiger partial charge in [-0.25, -0.2) is 0 Å². The molecule has 3 aliphatic rings. The van der Waals surface area contributed by atoms with Gasteiger partial charge in [0.15, 0.2) is 11.6 Å². The Morgan fingerprint density at radius 1 is 1.00 bits per heavy atom. The summed E-state index contributed by atoms with van der Waals surface area (Å²) in [5.41, 5.74) is 1.02. The van der Waals surface area contributed by atoms with Gasteiger partial charge in [0.1, 0.15) is 18.8 Å². The molecule has 0 saturated carbocycles. The molecule has 152 valence electrons. The van der Waals surface area contributed by atoms with Crippen molar-refractivity contribution in [3.05, 3.63) is 42.0 Å². The Bertz CT molecular complexity index is 757. The predicted molar refractivity (Wildman–Crippen MR) is 99.7 cm³/mol. The quantitative estimate of drug-likeness (QED) is 0.482. The lowest BCUT2D eigenvalue weighted by molar-refractivity contribution is -0.380. The molecule has 0 amide bonds. The molecule has 7 nitrogen and oxygen atoms in total. The van der Waals surface area contributed by atoms with E-state index in [2.05, 4.69) is 6.29 Å². The fourth-order valence-electron chi connectivity index (χ4n) is 3.88. The molecule has 0 radical (unpaired) electrons. The van der Waals surface area contributed by atoms with Crippen LogP contribution in [-0.4, -0.2) is 60.0 Å². The second-order valence-corrected chi connectivity index (χ2v) is 8.04. The maximum Gasteiger partial charge on any atom is 0.389 e. The van der Waals surface area contributed by atoms with Crippen LogP contribution in [0.2, 0.25) is 0 Å². The second-order valence-electron chi connectivity index (χ2n) is 8.04. The minimum absolute atomic E-state index is 0.409. The Morgan fingerprint density at radius 3 is 2.43 bits per heavy atom. The topological polar surface area (TPSA) is 77.7 Å². The van der Waals surface area contributed by atoms with Crippen LogP contribution in [0.25, 0.3) is 6.08 Å². The Balaban J connectivity index is 1.58. The highest BCUT2D eigenvalue weighted by molar-refractivity contribution is 5.74. The Hall–Kier alpha value is -1.61. The molecule has 1 aromatic rings. The van der Waals surface area contributed by atoms with Crippen LogP contribution in [0.15, 0.2) is 36.4 Å². The predicted octanol–water partition coefficient (Wildman–Crippen LogP) is 2.06. The van der Waals surface area contributed by atoms with Crippen molar-refractivity contribution >= 4 is 12.4 Å². The minimum atomic E-state index is -1.40.